The number of rotatable bonds is 1. The minimum Gasteiger partial charge on any atom is -0.352 e. The third-order valence-corrected chi connectivity index (χ3v) is 3.00. The van der Waals surface area contributed by atoms with Gasteiger partial charge in [0, 0.05) is 0 Å². The molecule has 6 heteroatoms. The van der Waals surface area contributed by atoms with Crippen LogP contribution in [0.15, 0.2) is 35.4 Å². The Kier molecular flexibility index (Phi) is 2.29. The lowest BCUT2D eigenvalue weighted by atomic mass is 10.1. The van der Waals surface area contributed by atoms with Crippen molar-refractivity contribution in [1.82, 2.24) is 10.6 Å². The van der Waals surface area contributed by atoms with Crippen molar-refractivity contribution in [2.45, 2.75) is 12.1 Å². The van der Waals surface area contributed by atoms with E-state index in [0.717, 1.165) is 5.69 Å². The smallest absolute Gasteiger partial charge is 0.272 e. The monoisotopic (exact) mass is 246 g/mol. The van der Waals surface area contributed by atoms with Crippen LogP contribution in [0.4, 0.5) is 5.69 Å². The zero-order chi connectivity index (χ0) is 11.8. The molecular weight excluding hydrogens is 236 g/mol. The zero-order valence-corrected chi connectivity index (χ0v) is 9.65. The lowest BCUT2D eigenvalue weighted by Crippen LogP contribution is -2.52. The number of carbonyl (C=O) groups excluding carboxylic acids is 1. The van der Waals surface area contributed by atoms with Crippen molar-refractivity contribution in [2.24, 2.45) is 5.10 Å². The van der Waals surface area contributed by atoms with Gasteiger partial charge in [-0.15, -0.1) is 0 Å². The van der Waals surface area contributed by atoms with Gasteiger partial charge in [-0.1, -0.05) is 18.2 Å². The van der Waals surface area contributed by atoms with Crippen LogP contribution in [0.5, 0.6) is 0 Å². The number of nitrogens with zero attached hydrogens (tertiary/aromatic N) is 2. The standard InChI is InChI=1S/C11H10N4OS/c16-10-9-8(13-11(17)14-9)6-12-15(10)7-4-2-1-3-5-7/h1-6,8-9H,(H2,13,14,17)/t8-,9+/m0/s1. The molecule has 1 fully saturated rings. The molecule has 0 bridgehead atoms. The fraction of sp³-hybridized carbons (Fsp3) is 0.182. The van der Waals surface area contributed by atoms with Crippen LogP contribution < -0.4 is 15.6 Å². The van der Waals surface area contributed by atoms with E-state index in [2.05, 4.69) is 15.7 Å². The molecule has 0 radical (unpaired) electrons. The molecule has 2 atom stereocenters. The Labute approximate surface area is 103 Å². The molecule has 2 heterocycles. The van der Waals surface area contributed by atoms with Gasteiger partial charge in [-0.3, -0.25) is 4.79 Å². The van der Waals surface area contributed by atoms with Crippen LogP contribution in [0.3, 0.4) is 0 Å². The molecule has 2 aliphatic rings. The molecule has 86 valence electrons. The van der Waals surface area contributed by atoms with Crippen LogP contribution in [-0.4, -0.2) is 29.3 Å². The summed E-state index contributed by atoms with van der Waals surface area (Å²) < 4.78 is 0. The summed E-state index contributed by atoms with van der Waals surface area (Å²) >= 11 is 4.99. The number of benzene rings is 1. The molecular formula is C11H10N4OS. The van der Waals surface area contributed by atoms with Gasteiger partial charge < -0.3 is 10.6 Å². The van der Waals surface area contributed by atoms with Gasteiger partial charge in [-0.05, 0) is 24.4 Å². The molecule has 0 spiro atoms. The first kappa shape index (κ1) is 10.2. The Bertz CT molecular complexity index is 501. The van der Waals surface area contributed by atoms with Crippen molar-refractivity contribution < 1.29 is 4.79 Å². The summed E-state index contributed by atoms with van der Waals surface area (Å²) in [6.07, 6.45) is 1.70. The molecule has 2 aliphatic heterocycles. The molecule has 0 unspecified atom stereocenters. The average Bonchev–Trinajstić information content (AvgIpc) is 2.72. The fourth-order valence-corrected chi connectivity index (χ4v) is 2.20. The van der Waals surface area contributed by atoms with Crippen LogP contribution in [0.1, 0.15) is 0 Å². The van der Waals surface area contributed by atoms with Crippen molar-refractivity contribution >= 4 is 35.1 Å². The number of para-hydroxylation sites is 1. The fourth-order valence-electron chi connectivity index (χ4n) is 1.94. The molecule has 1 aromatic rings. The zero-order valence-electron chi connectivity index (χ0n) is 8.83. The highest BCUT2D eigenvalue weighted by molar-refractivity contribution is 7.80. The van der Waals surface area contributed by atoms with E-state index in [4.69, 9.17) is 12.2 Å². The third-order valence-electron chi connectivity index (χ3n) is 2.76. The number of fused-ring (bicyclic) bond motifs is 1. The number of amides is 1. The summed E-state index contributed by atoms with van der Waals surface area (Å²) in [5, 5.41) is 12.0. The largest absolute Gasteiger partial charge is 0.352 e. The number of nitrogens with one attached hydrogen (secondary N) is 2. The van der Waals surface area contributed by atoms with E-state index in [1.165, 1.54) is 5.01 Å². The van der Waals surface area contributed by atoms with Crippen molar-refractivity contribution in [3.8, 4) is 0 Å². The molecule has 5 nitrogen and oxygen atoms in total. The van der Waals surface area contributed by atoms with E-state index >= 15 is 0 Å². The van der Waals surface area contributed by atoms with E-state index < -0.39 is 0 Å². The topological polar surface area (TPSA) is 56.7 Å². The van der Waals surface area contributed by atoms with Gasteiger partial charge in [0.15, 0.2) is 5.11 Å². The quantitative estimate of drug-likeness (QED) is 0.697. The third kappa shape index (κ3) is 1.66. The van der Waals surface area contributed by atoms with Crippen LogP contribution in [0, 0.1) is 0 Å². The molecule has 1 amide bonds. The summed E-state index contributed by atoms with van der Waals surface area (Å²) in [5.74, 6) is -0.101. The van der Waals surface area contributed by atoms with E-state index in [1.807, 2.05) is 30.3 Å². The highest BCUT2D eigenvalue weighted by atomic mass is 32.1. The van der Waals surface area contributed by atoms with Gasteiger partial charge in [0.1, 0.15) is 6.04 Å². The number of carbonyl (C=O) groups is 1. The number of thiocarbonyl (C=S) groups is 1. The second-order valence-corrected chi connectivity index (χ2v) is 4.28. The van der Waals surface area contributed by atoms with E-state index in [9.17, 15) is 4.79 Å². The first-order valence-electron chi connectivity index (χ1n) is 5.26. The molecule has 1 aromatic carbocycles. The van der Waals surface area contributed by atoms with E-state index in [0.29, 0.717) is 5.11 Å². The first-order valence-corrected chi connectivity index (χ1v) is 5.67. The molecule has 0 aliphatic carbocycles. The summed E-state index contributed by atoms with van der Waals surface area (Å²) in [6, 6.07) is 8.82. The predicted octanol–water partition coefficient (Wildman–Crippen LogP) is 0.234. The molecule has 1 saturated heterocycles. The lowest BCUT2D eigenvalue weighted by Gasteiger charge is -2.26. The van der Waals surface area contributed by atoms with Crippen molar-refractivity contribution in [2.75, 3.05) is 5.01 Å². The van der Waals surface area contributed by atoms with Crippen molar-refractivity contribution in [1.29, 1.82) is 0 Å². The highest BCUT2D eigenvalue weighted by Gasteiger charge is 2.40. The highest BCUT2D eigenvalue weighted by Crippen LogP contribution is 2.19. The maximum Gasteiger partial charge on any atom is 0.272 e. The van der Waals surface area contributed by atoms with Gasteiger partial charge in [0.2, 0.25) is 0 Å². The SMILES string of the molecule is O=C1[C@@H]2NC(=S)N[C@H]2C=NN1c1ccccc1. The predicted molar refractivity (Wildman–Crippen MR) is 68.9 cm³/mol. The number of hydrogen-bond acceptors (Lipinski definition) is 3. The number of anilines is 1. The molecule has 17 heavy (non-hydrogen) atoms. The normalized spacial score (nSPS) is 26.5. The lowest BCUT2D eigenvalue weighted by molar-refractivity contribution is -0.120. The maximum atomic E-state index is 12.2. The van der Waals surface area contributed by atoms with Gasteiger partial charge in [-0.25, -0.2) is 0 Å². The minimum absolute atomic E-state index is 0.101. The summed E-state index contributed by atoms with van der Waals surface area (Å²) in [4.78, 5) is 12.2. The van der Waals surface area contributed by atoms with Crippen molar-refractivity contribution in [3.63, 3.8) is 0 Å². The minimum atomic E-state index is -0.361. The molecule has 0 saturated carbocycles. The Balaban J connectivity index is 1.93. The van der Waals surface area contributed by atoms with Crippen LogP contribution >= 0.6 is 12.2 Å². The Morgan fingerprint density at radius 1 is 1.24 bits per heavy atom. The summed E-state index contributed by atoms with van der Waals surface area (Å²) in [7, 11) is 0. The Morgan fingerprint density at radius 3 is 2.76 bits per heavy atom. The van der Waals surface area contributed by atoms with Gasteiger partial charge in [-0.2, -0.15) is 10.1 Å². The molecule has 0 aromatic heterocycles. The second kappa shape index (κ2) is 3.81. The Morgan fingerprint density at radius 2 is 2.00 bits per heavy atom. The van der Waals surface area contributed by atoms with Crippen molar-refractivity contribution in [3.05, 3.63) is 30.3 Å². The van der Waals surface area contributed by atoms with E-state index in [-0.39, 0.29) is 18.0 Å². The first-order chi connectivity index (χ1) is 8.25. The van der Waals surface area contributed by atoms with Crippen LogP contribution in [-0.2, 0) is 4.79 Å². The summed E-state index contributed by atoms with van der Waals surface area (Å²) in [5.41, 5.74) is 0.756. The second-order valence-electron chi connectivity index (χ2n) is 3.87. The molecule has 3 rings (SSSR count). The van der Waals surface area contributed by atoms with Crippen LogP contribution in [0.2, 0.25) is 0 Å². The van der Waals surface area contributed by atoms with Gasteiger partial charge in [0.25, 0.3) is 5.91 Å². The van der Waals surface area contributed by atoms with Gasteiger partial charge in [0.05, 0.1) is 17.9 Å². The molecule has 2 N–H and O–H groups in total. The average molecular weight is 246 g/mol. The maximum absolute atomic E-state index is 12.2. The Hall–Kier alpha value is -1.95. The van der Waals surface area contributed by atoms with Gasteiger partial charge >= 0.3 is 0 Å². The van der Waals surface area contributed by atoms with E-state index in [1.54, 1.807) is 6.21 Å². The summed E-state index contributed by atoms with van der Waals surface area (Å²) in [6.45, 7) is 0. The number of hydrogen-bond donors (Lipinski definition) is 2. The van der Waals surface area contributed by atoms with Crippen LogP contribution in [0.25, 0.3) is 0 Å². The number of hydrazone groups is 1.